The van der Waals surface area contributed by atoms with Crippen molar-refractivity contribution < 1.29 is 9.84 Å². The summed E-state index contributed by atoms with van der Waals surface area (Å²) in [6.07, 6.45) is 2.82. The molecule has 1 N–H and O–H groups in total. The van der Waals surface area contributed by atoms with E-state index in [1.807, 2.05) is 12.1 Å². The normalized spacial score (nSPS) is 26.0. The third kappa shape index (κ3) is 1.13. The van der Waals surface area contributed by atoms with E-state index in [1.165, 1.54) is 24.0 Å². The Kier molecular flexibility index (Phi) is 1.41. The van der Waals surface area contributed by atoms with Crippen molar-refractivity contribution in [1.29, 1.82) is 0 Å². The Hall–Kier alpha value is -1.02. The number of aromatic hydroxyl groups is 1. The van der Waals surface area contributed by atoms with E-state index < -0.39 is 0 Å². The van der Waals surface area contributed by atoms with Crippen molar-refractivity contribution in [1.82, 2.24) is 0 Å². The third-order valence-electron chi connectivity index (χ3n) is 2.90. The maximum Gasteiger partial charge on any atom is 0.115 e. The van der Waals surface area contributed by atoms with Crippen LogP contribution in [0, 0.1) is 5.92 Å². The Morgan fingerprint density at radius 3 is 2.92 bits per heavy atom. The molecule has 0 bridgehead atoms. The number of phenolic OH excluding ortho intramolecular Hbond substituents is 1. The van der Waals surface area contributed by atoms with Crippen LogP contribution in [-0.2, 0) is 11.3 Å². The smallest absolute Gasteiger partial charge is 0.115 e. The highest BCUT2D eigenvalue weighted by molar-refractivity contribution is 5.38. The van der Waals surface area contributed by atoms with E-state index in [4.69, 9.17) is 4.74 Å². The van der Waals surface area contributed by atoms with Crippen molar-refractivity contribution in [3.8, 4) is 5.75 Å². The molecule has 0 unspecified atom stereocenters. The minimum atomic E-state index is 0.266. The van der Waals surface area contributed by atoms with Crippen LogP contribution in [-0.4, -0.2) is 5.11 Å². The van der Waals surface area contributed by atoms with Crippen molar-refractivity contribution >= 4 is 0 Å². The Morgan fingerprint density at radius 2 is 2.15 bits per heavy atom. The highest BCUT2D eigenvalue weighted by Gasteiger charge is 2.37. The van der Waals surface area contributed by atoms with Gasteiger partial charge in [-0.1, -0.05) is 6.07 Å². The van der Waals surface area contributed by atoms with Gasteiger partial charge >= 0.3 is 0 Å². The van der Waals surface area contributed by atoms with Gasteiger partial charge in [-0.05, 0) is 42.0 Å². The SMILES string of the molecule is Oc1ccc2c(c1)[C@@H](C1CC1)OC2. The molecule has 2 aliphatic rings. The molecular formula is C11H12O2. The predicted octanol–water partition coefficient (Wildman–Crippen LogP) is 2.37. The number of phenols is 1. The van der Waals surface area contributed by atoms with E-state index in [1.54, 1.807) is 6.07 Å². The number of benzene rings is 1. The van der Waals surface area contributed by atoms with Crippen molar-refractivity contribution in [3.05, 3.63) is 29.3 Å². The van der Waals surface area contributed by atoms with Crippen LogP contribution >= 0.6 is 0 Å². The summed E-state index contributed by atoms with van der Waals surface area (Å²) in [5, 5.41) is 9.36. The summed E-state index contributed by atoms with van der Waals surface area (Å²) in [6.45, 7) is 0.719. The van der Waals surface area contributed by atoms with Gasteiger partial charge < -0.3 is 9.84 Å². The third-order valence-corrected chi connectivity index (χ3v) is 2.90. The molecule has 0 spiro atoms. The van der Waals surface area contributed by atoms with Crippen LogP contribution in [0.3, 0.4) is 0 Å². The Bertz CT molecular complexity index is 342. The van der Waals surface area contributed by atoms with Gasteiger partial charge in [0, 0.05) is 0 Å². The molecule has 1 heterocycles. The fourth-order valence-electron chi connectivity index (χ4n) is 2.04. The predicted molar refractivity (Wildman–Crippen MR) is 48.4 cm³/mol. The molecule has 0 saturated heterocycles. The molecule has 1 aromatic rings. The number of hydrogen-bond acceptors (Lipinski definition) is 2. The Balaban J connectivity index is 2.03. The molecule has 1 fully saturated rings. The van der Waals surface area contributed by atoms with E-state index in [0.29, 0.717) is 11.7 Å². The first-order valence-corrected chi connectivity index (χ1v) is 4.78. The maximum atomic E-state index is 9.36. The van der Waals surface area contributed by atoms with Gasteiger partial charge in [-0.25, -0.2) is 0 Å². The molecule has 68 valence electrons. The lowest BCUT2D eigenvalue weighted by Gasteiger charge is -2.08. The second-order valence-corrected chi connectivity index (χ2v) is 3.95. The minimum Gasteiger partial charge on any atom is -0.508 e. The monoisotopic (exact) mass is 176 g/mol. The maximum absolute atomic E-state index is 9.36. The van der Waals surface area contributed by atoms with E-state index in [9.17, 15) is 5.11 Å². The number of hydrogen-bond donors (Lipinski definition) is 1. The molecule has 13 heavy (non-hydrogen) atoms. The molecule has 1 aliphatic heterocycles. The van der Waals surface area contributed by atoms with Gasteiger partial charge in [0.15, 0.2) is 0 Å². The Morgan fingerprint density at radius 1 is 1.31 bits per heavy atom. The van der Waals surface area contributed by atoms with Gasteiger partial charge in [0.2, 0.25) is 0 Å². The summed E-state index contributed by atoms with van der Waals surface area (Å²) < 4.78 is 5.69. The standard InChI is InChI=1S/C11H12O2/c12-9-4-3-8-6-13-11(7-1-2-7)10(8)5-9/h3-5,7,11-12H,1-2,6H2/t11-/m1/s1. The van der Waals surface area contributed by atoms with Crippen LogP contribution < -0.4 is 0 Å². The van der Waals surface area contributed by atoms with Crippen molar-refractivity contribution in [2.75, 3.05) is 0 Å². The molecule has 1 aliphatic carbocycles. The van der Waals surface area contributed by atoms with Crippen LogP contribution in [0.15, 0.2) is 18.2 Å². The summed E-state index contributed by atoms with van der Waals surface area (Å²) in [6, 6.07) is 5.55. The van der Waals surface area contributed by atoms with E-state index in [-0.39, 0.29) is 6.10 Å². The molecule has 1 saturated carbocycles. The summed E-state index contributed by atoms with van der Waals surface area (Å²) in [4.78, 5) is 0. The van der Waals surface area contributed by atoms with E-state index in [0.717, 1.165) is 6.61 Å². The van der Waals surface area contributed by atoms with Crippen LogP contribution in [0.5, 0.6) is 5.75 Å². The topological polar surface area (TPSA) is 29.5 Å². The summed E-state index contributed by atoms with van der Waals surface area (Å²) >= 11 is 0. The van der Waals surface area contributed by atoms with Crippen LogP contribution in [0.2, 0.25) is 0 Å². The van der Waals surface area contributed by atoms with Crippen LogP contribution in [0.4, 0.5) is 0 Å². The first-order valence-electron chi connectivity index (χ1n) is 4.78. The van der Waals surface area contributed by atoms with E-state index in [2.05, 4.69) is 0 Å². The largest absolute Gasteiger partial charge is 0.508 e. The lowest BCUT2D eigenvalue weighted by atomic mass is 10.0. The first kappa shape index (κ1) is 7.39. The molecule has 2 nitrogen and oxygen atoms in total. The summed E-state index contributed by atoms with van der Waals surface area (Å²) in [7, 11) is 0. The molecule has 1 atom stereocenters. The zero-order valence-corrected chi connectivity index (χ0v) is 7.36. The lowest BCUT2D eigenvalue weighted by molar-refractivity contribution is 0.0506. The van der Waals surface area contributed by atoms with Gasteiger partial charge in [-0.3, -0.25) is 0 Å². The lowest BCUT2D eigenvalue weighted by Crippen LogP contribution is -1.97. The molecule has 1 aromatic carbocycles. The van der Waals surface area contributed by atoms with Crippen LogP contribution in [0.25, 0.3) is 0 Å². The fourth-order valence-corrected chi connectivity index (χ4v) is 2.04. The van der Waals surface area contributed by atoms with Gasteiger partial charge in [0.05, 0.1) is 12.7 Å². The highest BCUT2D eigenvalue weighted by atomic mass is 16.5. The van der Waals surface area contributed by atoms with Crippen LogP contribution in [0.1, 0.15) is 30.1 Å². The molecular weight excluding hydrogens is 164 g/mol. The molecule has 0 aromatic heterocycles. The summed E-state index contributed by atoms with van der Waals surface area (Å²) in [5.41, 5.74) is 2.46. The second kappa shape index (κ2) is 2.48. The van der Waals surface area contributed by atoms with Gasteiger partial charge in [-0.15, -0.1) is 0 Å². The van der Waals surface area contributed by atoms with Crippen molar-refractivity contribution in [2.45, 2.75) is 25.6 Å². The van der Waals surface area contributed by atoms with E-state index >= 15 is 0 Å². The average Bonchev–Trinajstić information content (AvgIpc) is 2.87. The molecule has 3 rings (SSSR count). The molecule has 0 radical (unpaired) electrons. The number of rotatable bonds is 1. The highest BCUT2D eigenvalue weighted by Crippen LogP contribution is 2.48. The quantitative estimate of drug-likeness (QED) is 0.711. The fraction of sp³-hybridized carbons (Fsp3) is 0.455. The minimum absolute atomic E-state index is 0.266. The molecule has 0 amide bonds. The second-order valence-electron chi connectivity index (χ2n) is 3.95. The number of ether oxygens (including phenoxy) is 1. The summed E-state index contributed by atoms with van der Waals surface area (Å²) in [5.74, 6) is 1.07. The first-order chi connectivity index (χ1) is 6.34. The molecule has 2 heteroatoms. The zero-order valence-electron chi connectivity index (χ0n) is 7.36. The Labute approximate surface area is 77.2 Å². The van der Waals surface area contributed by atoms with Crippen molar-refractivity contribution in [3.63, 3.8) is 0 Å². The zero-order chi connectivity index (χ0) is 8.84. The number of fused-ring (bicyclic) bond motifs is 1. The van der Waals surface area contributed by atoms with Gasteiger partial charge in [0.25, 0.3) is 0 Å². The van der Waals surface area contributed by atoms with Gasteiger partial charge in [0.1, 0.15) is 5.75 Å². The average molecular weight is 176 g/mol. The van der Waals surface area contributed by atoms with Gasteiger partial charge in [-0.2, -0.15) is 0 Å². The van der Waals surface area contributed by atoms with Crippen molar-refractivity contribution in [2.24, 2.45) is 5.92 Å².